The van der Waals surface area contributed by atoms with Gasteiger partial charge in [0.25, 0.3) is 5.91 Å². The fraction of sp³-hybridized carbons (Fsp3) is 0.231. The molecular formula is C13H15N3O3. The van der Waals surface area contributed by atoms with Gasteiger partial charge >= 0.3 is 0 Å². The lowest BCUT2D eigenvalue weighted by molar-refractivity contribution is 0.102. The Kier molecular flexibility index (Phi) is 3.41. The average molecular weight is 261 g/mol. The van der Waals surface area contributed by atoms with Crippen molar-refractivity contribution in [2.45, 2.75) is 19.9 Å². The number of nitrogens with one attached hydrogen (secondary N) is 1. The molecule has 0 fully saturated rings. The zero-order valence-electron chi connectivity index (χ0n) is 10.7. The van der Waals surface area contributed by atoms with Gasteiger partial charge in [0.1, 0.15) is 0 Å². The predicted molar refractivity (Wildman–Crippen MR) is 70.3 cm³/mol. The van der Waals surface area contributed by atoms with Crippen LogP contribution in [0, 0.1) is 0 Å². The highest BCUT2D eigenvalue weighted by atomic mass is 16.3. The van der Waals surface area contributed by atoms with Crippen molar-refractivity contribution in [1.29, 1.82) is 0 Å². The SMILES string of the molecule is CC(C)n1cc(NC(=O)c2ccc(O)c(O)c2)cn1. The minimum atomic E-state index is -0.376. The number of phenols is 2. The zero-order chi connectivity index (χ0) is 14.0. The van der Waals surface area contributed by atoms with E-state index in [1.807, 2.05) is 13.8 Å². The van der Waals surface area contributed by atoms with Crippen LogP contribution in [0.5, 0.6) is 11.5 Å². The first-order chi connectivity index (χ1) is 8.97. The first-order valence-corrected chi connectivity index (χ1v) is 5.85. The molecule has 0 saturated carbocycles. The van der Waals surface area contributed by atoms with E-state index in [0.29, 0.717) is 5.69 Å². The topological polar surface area (TPSA) is 87.4 Å². The molecule has 100 valence electrons. The fourth-order valence-electron chi connectivity index (χ4n) is 1.55. The van der Waals surface area contributed by atoms with Crippen LogP contribution >= 0.6 is 0 Å². The molecule has 0 atom stereocenters. The first kappa shape index (κ1) is 12.9. The number of hydrogen-bond acceptors (Lipinski definition) is 4. The second-order valence-corrected chi connectivity index (χ2v) is 4.46. The second-order valence-electron chi connectivity index (χ2n) is 4.46. The molecule has 1 heterocycles. The number of carbonyl (C=O) groups is 1. The molecule has 0 aliphatic carbocycles. The summed E-state index contributed by atoms with van der Waals surface area (Å²) in [6.07, 6.45) is 3.28. The fourth-order valence-corrected chi connectivity index (χ4v) is 1.55. The van der Waals surface area contributed by atoms with Crippen LogP contribution < -0.4 is 5.32 Å². The Balaban J connectivity index is 2.13. The average Bonchev–Trinajstić information content (AvgIpc) is 2.81. The van der Waals surface area contributed by atoms with Crippen molar-refractivity contribution < 1.29 is 15.0 Å². The molecule has 6 nitrogen and oxygen atoms in total. The van der Waals surface area contributed by atoms with Gasteiger partial charge in [0, 0.05) is 17.8 Å². The summed E-state index contributed by atoms with van der Waals surface area (Å²) in [6, 6.07) is 4.11. The van der Waals surface area contributed by atoms with Crippen LogP contribution in [-0.4, -0.2) is 25.9 Å². The molecule has 0 unspecified atom stereocenters. The molecule has 0 spiro atoms. The quantitative estimate of drug-likeness (QED) is 0.738. The molecule has 0 bridgehead atoms. The number of anilines is 1. The molecular weight excluding hydrogens is 246 g/mol. The van der Waals surface area contributed by atoms with Crippen LogP contribution in [-0.2, 0) is 0 Å². The molecule has 3 N–H and O–H groups in total. The van der Waals surface area contributed by atoms with Crippen LogP contribution in [0.1, 0.15) is 30.2 Å². The van der Waals surface area contributed by atoms with Crippen molar-refractivity contribution >= 4 is 11.6 Å². The molecule has 2 aromatic rings. The highest BCUT2D eigenvalue weighted by molar-refractivity contribution is 6.04. The lowest BCUT2D eigenvalue weighted by Crippen LogP contribution is -2.11. The van der Waals surface area contributed by atoms with E-state index in [9.17, 15) is 15.0 Å². The zero-order valence-corrected chi connectivity index (χ0v) is 10.7. The maximum Gasteiger partial charge on any atom is 0.255 e. The lowest BCUT2D eigenvalue weighted by atomic mass is 10.2. The van der Waals surface area contributed by atoms with Crippen molar-refractivity contribution in [2.75, 3.05) is 5.32 Å². The van der Waals surface area contributed by atoms with Gasteiger partial charge in [-0.2, -0.15) is 5.10 Å². The van der Waals surface area contributed by atoms with Gasteiger partial charge in [-0.05, 0) is 32.0 Å². The van der Waals surface area contributed by atoms with Gasteiger partial charge in [0.05, 0.1) is 11.9 Å². The summed E-state index contributed by atoms with van der Waals surface area (Å²) < 4.78 is 1.73. The first-order valence-electron chi connectivity index (χ1n) is 5.85. The normalized spacial score (nSPS) is 10.7. The Labute approximate surface area is 110 Å². The van der Waals surface area contributed by atoms with Crippen molar-refractivity contribution in [3.63, 3.8) is 0 Å². The van der Waals surface area contributed by atoms with Gasteiger partial charge in [-0.3, -0.25) is 9.48 Å². The highest BCUT2D eigenvalue weighted by Crippen LogP contribution is 2.25. The number of nitrogens with zero attached hydrogens (tertiary/aromatic N) is 2. The number of carbonyl (C=O) groups excluding carboxylic acids is 1. The van der Waals surface area contributed by atoms with Gasteiger partial charge in [0.15, 0.2) is 11.5 Å². The summed E-state index contributed by atoms with van der Waals surface area (Å²) in [7, 11) is 0. The molecule has 0 saturated heterocycles. The summed E-state index contributed by atoms with van der Waals surface area (Å²) in [5, 5.41) is 25.3. The number of aromatic hydroxyl groups is 2. The monoisotopic (exact) mass is 261 g/mol. The number of aromatic nitrogens is 2. The molecule has 19 heavy (non-hydrogen) atoms. The third-order valence-electron chi connectivity index (χ3n) is 2.63. The number of hydrogen-bond donors (Lipinski definition) is 3. The molecule has 0 radical (unpaired) electrons. The Morgan fingerprint density at radius 3 is 2.63 bits per heavy atom. The summed E-state index contributed by atoms with van der Waals surface area (Å²) in [4.78, 5) is 11.9. The van der Waals surface area contributed by atoms with Crippen LogP contribution in [0.4, 0.5) is 5.69 Å². The predicted octanol–water partition coefficient (Wildman–Crippen LogP) is 2.13. The van der Waals surface area contributed by atoms with Crippen LogP contribution in [0.15, 0.2) is 30.6 Å². The Bertz CT molecular complexity index is 605. The van der Waals surface area contributed by atoms with E-state index < -0.39 is 0 Å². The smallest absolute Gasteiger partial charge is 0.255 e. The maximum absolute atomic E-state index is 11.9. The van der Waals surface area contributed by atoms with Crippen LogP contribution in [0.2, 0.25) is 0 Å². The second kappa shape index (κ2) is 5.01. The lowest BCUT2D eigenvalue weighted by Gasteiger charge is -2.05. The summed E-state index contributed by atoms with van der Waals surface area (Å²) in [5.74, 6) is -0.965. The van der Waals surface area contributed by atoms with Gasteiger partial charge in [0.2, 0.25) is 0 Å². The summed E-state index contributed by atoms with van der Waals surface area (Å²) in [6.45, 7) is 3.97. The largest absolute Gasteiger partial charge is 0.504 e. The van der Waals surface area contributed by atoms with E-state index in [2.05, 4.69) is 10.4 Å². The van der Waals surface area contributed by atoms with E-state index in [1.54, 1.807) is 17.1 Å². The van der Waals surface area contributed by atoms with Crippen molar-refractivity contribution in [2.24, 2.45) is 0 Å². The Morgan fingerprint density at radius 2 is 2.05 bits per heavy atom. The Hall–Kier alpha value is -2.50. The Morgan fingerprint density at radius 1 is 1.32 bits per heavy atom. The van der Waals surface area contributed by atoms with Crippen molar-refractivity contribution in [3.8, 4) is 11.5 Å². The van der Waals surface area contributed by atoms with Gasteiger partial charge in [-0.25, -0.2) is 0 Å². The number of rotatable bonds is 3. The number of benzene rings is 1. The highest BCUT2D eigenvalue weighted by Gasteiger charge is 2.10. The van der Waals surface area contributed by atoms with Gasteiger partial charge in [-0.1, -0.05) is 0 Å². The van der Waals surface area contributed by atoms with Crippen molar-refractivity contribution in [1.82, 2.24) is 9.78 Å². The molecule has 1 amide bonds. The minimum Gasteiger partial charge on any atom is -0.504 e. The van der Waals surface area contributed by atoms with Crippen LogP contribution in [0.25, 0.3) is 0 Å². The van der Waals surface area contributed by atoms with Crippen LogP contribution in [0.3, 0.4) is 0 Å². The molecule has 0 aliphatic rings. The molecule has 0 aliphatic heterocycles. The van der Waals surface area contributed by atoms with E-state index in [-0.39, 0.29) is 29.0 Å². The summed E-state index contributed by atoms with van der Waals surface area (Å²) >= 11 is 0. The molecule has 1 aromatic carbocycles. The summed E-state index contributed by atoms with van der Waals surface area (Å²) in [5.41, 5.74) is 0.832. The van der Waals surface area contributed by atoms with Gasteiger partial charge in [-0.15, -0.1) is 0 Å². The number of phenolic OH excluding ortho intramolecular Hbond substituents is 2. The van der Waals surface area contributed by atoms with E-state index in [1.165, 1.54) is 18.2 Å². The van der Waals surface area contributed by atoms with Gasteiger partial charge < -0.3 is 15.5 Å². The van der Waals surface area contributed by atoms with Crippen molar-refractivity contribution in [3.05, 3.63) is 36.2 Å². The third kappa shape index (κ3) is 2.85. The van der Waals surface area contributed by atoms with E-state index in [4.69, 9.17) is 0 Å². The molecule has 2 rings (SSSR count). The third-order valence-corrected chi connectivity index (χ3v) is 2.63. The number of amides is 1. The maximum atomic E-state index is 11.9. The minimum absolute atomic E-state index is 0.211. The van der Waals surface area contributed by atoms with E-state index in [0.717, 1.165) is 0 Å². The molecule has 1 aromatic heterocycles. The standard InChI is InChI=1S/C13H15N3O3/c1-8(2)16-7-10(6-14-16)15-13(19)9-3-4-11(17)12(18)5-9/h3-8,17-18H,1-2H3,(H,15,19). The van der Waals surface area contributed by atoms with E-state index >= 15 is 0 Å². The molecule has 6 heteroatoms.